The second kappa shape index (κ2) is 4.73. The first kappa shape index (κ1) is 11.7. The lowest BCUT2D eigenvalue weighted by Crippen LogP contribution is -1.87. The fourth-order valence-corrected chi connectivity index (χ4v) is 2.04. The summed E-state index contributed by atoms with van der Waals surface area (Å²) in [6.45, 7) is 2.08. The predicted molar refractivity (Wildman–Crippen MR) is 77.3 cm³/mol. The van der Waals surface area contributed by atoms with Crippen molar-refractivity contribution in [2.45, 2.75) is 6.92 Å². The minimum absolute atomic E-state index is 0.827. The van der Waals surface area contributed by atoms with Gasteiger partial charge in [-0.1, -0.05) is 29.8 Å². The zero-order valence-corrected chi connectivity index (χ0v) is 11.0. The maximum absolute atomic E-state index is 5.20. The van der Waals surface area contributed by atoms with Gasteiger partial charge in [0.1, 0.15) is 5.75 Å². The van der Waals surface area contributed by atoms with Gasteiger partial charge in [0.25, 0.3) is 0 Å². The molecule has 0 aliphatic rings. The highest BCUT2D eigenvalue weighted by Crippen LogP contribution is 2.23. The van der Waals surface area contributed by atoms with E-state index in [9.17, 15) is 0 Å². The molecule has 1 radical (unpaired) electrons. The predicted octanol–water partition coefficient (Wildman–Crippen LogP) is 4.02. The molecule has 1 heterocycles. The molecule has 2 nitrogen and oxygen atoms in total. The molecule has 0 unspecified atom stereocenters. The van der Waals surface area contributed by atoms with Crippen LogP contribution in [0.5, 0.6) is 5.75 Å². The Morgan fingerprint density at radius 2 is 1.84 bits per heavy atom. The van der Waals surface area contributed by atoms with Crippen LogP contribution < -0.4 is 4.74 Å². The minimum atomic E-state index is 0.827. The van der Waals surface area contributed by atoms with Crippen molar-refractivity contribution in [2.24, 2.45) is 0 Å². The largest absolute Gasteiger partial charge is 0.497 e. The molecule has 0 spiro atoms. The number of fused-ring (bicyclic) bond motifs is 1. The summed E-state index contributed by atoms with van der Waals surface area (Å²) in [6.07, 6.45) is 0. The van der Waals surface area contributed by atoms with Gasteiger partial charge in [0.05, 0.1) is 18.3 Å². The first-order chi connectivity index (χ1) is 9.26. The van der Waals surface area contributed by atoms with E-state index in [-0.39, 0.29) is 0 Å². The molecule has 93 valence electrons. The van der Waals surface area contributed by atoms with Crippen molar-refractivity contribution < 1.29 is 4.74 Å². The Hall–Kier alpha value is -2.35. The van der Waals surface area contributed by atoms with Gasteiger partial charge in [0.2, 0.25) is 0 Å². The van der Waals surface area contributed by atoms with E-state index >= 15 is 0 Å². The van der Waals surface area contributed by atoms with Crippen LogP contribution in [0.4, 0.5) is 0 Å². The Kier molecular flexibility index (Phi) is 2.92. The molecule has 0 aliphatic carbocycles. The first-order valence-electron chi connectivity index (χ1n) is 6.20. The van der Waals surface area contributed by atoms with Gasteiger partial charge < -0.3 is 4.74 Å². The third-order valence-corrected chi connectivity index (χ3v) is 3.16. The third-order valence-electron chi connectivity index (χ3n) is 3.16. The van der Waals surface area contributed by atoms with Crippen LogP contribution in [0.3, 0.4) is 0 Å². The maximum Gasteiger partial charge on any atom is 0.119 e. The van der Waals surface area contributed by atoms with Crippen LogP contribution in [0, 0.1) is 13.0 Å². The molecule has 0 bridgehead atoms. The SMILES string of the molecule is COc1ccc2nc(-c3ccc(C)cc3)c[c]c2c1. The van der Waals surface area contributed by atoms with E-state index in [0.29, 0.717) is 0 Å². The number of methoxy groups -OCH3 is 1. The molecule has 1 aromatic heterocycles. The van der Waals surface area contributed by atoms with Crippen molar-refractivity contribution in [3.63, 3.8) is 0 Å². The monoisotopic (exact) mass is 248 g/mol. The lowest BCUT2D eigenvalue weighted by Gasteiger charge is -2.05. The quantitative estimate of drug-likeness (QED) is 0.683. The van der Waals surface area contributed by atoms with Crippen molar-refractivity contribution >= 4 is 10.9 Å². The van der Waals surface area contributed by atoms with Gasteiger partial charge in [-0.3, -0.25) is 0 Å². The number of rotatable bonds is 2. The van der Waals surface area contributed by atoms with Crippen molar-refractivity contribution in [1.29, 1.82) is 0 Å². The molecule has 2 heteroatoms. The molecular weight excluding hydrogens is 234 g/mol. The van der Waals surface area contributed by atoms with Gasteiger partial charge in [-0.2, -0.15) is 0 Å². The molecule has 0 saturated carbocycles. The fraction of sp³-hybridized carbons (Fsp3) is 0.118. The summed E-state index contributed by atoms with van der Waals surface area (Å²) in [5, 5.41) is 0.968. The van der Waals surface area contributed by atoms with Crippen molar-refractivity contribution in [2.75, 3.05) is 7.11 Å². The number of aryl methyl sites for hydroxylation is 1. The van der Waals surface area contributed by atoms with Gasteiger partial charge in [-0.15, -0.1) is 0 Å². The van der Waals surface area contributed by atoms with Crippen molar-refractivity contribution in [1.82, 2.24) is 4.98 Å². The average Bonchev–Trinajstić information content (AvgIpc) is 2.47. The number of hydrogen-bond acceptors (Lipinski definition) is 2. The van der Waals surface area contributed by atoms with Crippen LogP contribution in [0.1, 0.15) is 5.56 Å². The summed E-state index contributed by atoms with van der Waals surface area (Å²) in [5.74, 6) is 0.827. The molecular formula is C17H14NO. The topological polar surface area (TPSA) is 22.1 Å². The molecule has 3 aromatic rings. The lowest BCUT2D eigenvalue weighted by atomic mass is 10.1. The summed E-state index contributed by atoms with van der Waals surface area (Å²) >= 11 is 0. The van der Waals surface area contributed by atoms with Gasteiger partial charge in [0, 0.05) is 10.9 Å². The Morgan fingerprint density at radius 1 is 1.05 bits per heavy atom. The number of hydrogen-bond donors (Lipinski definition) is 0. The lowest BCUT2D eigenvalue weighted by molar-refractivity contribution is 0.415. The van der Waals surface area contributed by atoms with E-state index in [0.717, 1.165) is 27.9 Å². The molecule has 0 amide bonds. The first-order valence-corrected chi connectivity index (χ1v) is 6.20. The van der Waals surface area contributed by atoms with E-state index in [1.807, 2.05) is 24.3 Å². The number of pyridine rings is 1. The van der Waals surface area contributed by atoms with E-state index in [1.54, 1.807) is 7.11 Å². The van der Waals surface area contributed by atoms with Crippen LogP contribution >= 0.6 is 0 Å². The Labute approximate surface area is 112 Å². The van der Waals surface area contributed by atoms with Crippen molar-refractivity contribution in [3.8, 4) is 17.0 Å². The summed E-state index contributed by atoms with van der Waals surface area (Å²) in [6, 6.07) is 19.4. The van der Waals surface area contributed by atoms with Gasteiger partial charge in [-0.05, 0) is 37.3 Å². The molecule has 0 N–H and O–H groups in total. The van der Waals surface area contributed by atoms with Crippen LogP contribution in [-0.2, 0) is 0 Å². The van der Waals surface area contributed by atoms with E-state index in [2.05, 4.69) is 42.2 Å². The summed E-state index contributed by atoms with van der Waals surface area (Å²) in [7, 11) is 1.66. The number of benzene rings is 2. The maximum atomic E-state index is 5.20. The summed E-state index contributed by atoms with van der Waals surface area (Å²) < 4.78 is 5.20. The van der Waals surface area contributed by atoms with Gasteiger partial charge >= 0.3 is 0 Å². The third kappa shape index (κ3) is 2.29. The molecule has 19 heavy (non-hydrogen) atoms. The normalized spacial score (nSPS) is 10.6. The second-order valence-corrected chi connectivity index (χ2v) is 4.53. The number of aromatic nitrogens is 1. The average molecular weight is 248 g/mol. The van der Waals surface area contributed by atoms with Crippen LogP contribution in [0.2, 0.25) is 0 Å². The standard InChI is InChI=1S/C17H14NO/c1-12-3-5-13(6-4-12)16-9-7-14-11-15(19-2)8-10-17(14)18-16/h3-6,8-11H,1-2H3. The molecule has 0 saturated heterocycles. The van der Waals surface area contributed by atoms with Gasteiger partial charge in [-0.25, -0.2) is 4.98 Å². The molecule has 2 aromatic carbocycles. The van der Waals surface area contributed by atoms with Gasteiger partial charge in [0.15, 0.2) is 0 Å². The van der Waals surface area contributed by atoms with E-state index in [1.165, 1.54) is 5.56 Å². The van der Waals surface area contributed by atoms with Crippen molar-refractivity contribution in [3.05, 3.63) is 60.2 Å². The zero-order valence-electron chi connectivity index (χ0n) is 11.0. The van der Waals surface area contributed by atoms with E-state index in [4.69, 9.17) is 4.74 Å². The van der Waals surface area contributed by atoms with Crippen LogP contribution in [-0.4, -0.2) is 12.1 Å². The molecule has 0 aliphatic heterocycles. The summed E-state index contributed by atoms with van der Waals surface area (Å²) in [5.41, 5.74) is 4.23. The second-order valence-electron chi connectivity index (χ2n) is 4.53. The Morgan fingerprint density at radius 3 is 2.58 bits per heavy atom. The van der Waals surface area contributed by atoms with E-state index < -0.39 is 0 Å². The fourth-order valence-electron chi connectivity index (χ4n) is 2.04. The highest BCUT2D eigenvalue weighted by molar-refractivity contribution is 5.82. The molecule has 3 rings (SSSR count). The molecule has 0 atom stereocenters. The number of nitrogens with zero attached hydrogens (tertiary/aromatic N) is 1. The van der Waals surface area contributed by atoms with Crippen LogP contribution in [0.15, 0.2) is 48.5 Å². The Bertz CT molecular complexity index is 717. The molecule has 0 fully saturated rings. The summed E-state index contributed by atoms with van der Waals surface area (Å²) in [4.78, 5) is 4.66. The smallest absolute Gasteiger partial charge is 0.119 e. The minimum Gasteiger partial charge on any atom is -0.497 e. The highest BCUT2D eigenvalue weighted by Gasteiger charge is 2.02. The zero-order chi connectivity index (χ0) is 13.2. The highest BCUT2D eigenvalue weighted by atomic mass is 16.5. The number of ether oxygens (including phenoxy) is 1. The van der Waals surface area contributed by atoms with Crippen LogP contribution in [0.25, 0.3) is 22.2 Å². The Balaban J connectivity index is 2.08.